The van der Waals surface area contributed by atoms with E-state index in [9.17, 15) is 0 Å². The molecule has 0 aliphatic heterocycles. The van der Waals surface area contributed by atoms with Crippen molar-refractivity contribution in [1.29, 1.82) is 0 Å². The largest absolute Gasteiger partial charge is 0.348 e. The number of hydrogen-bond donors (Lipinski definition) is 1. The van der Waals surface area contributed by atoms with Crippen LogP contribution in [-0.2, 0) is 0 Å². The van der Waals surface area contributed by atoms with Crippen LogP contribution in [0, 0.1) is 5.92 Å². The van der Waals surface area contributed by atoms with Gasteiger partial charge in [0.2, 0.25) is 0 Å². The molecule has 1 unspecified atom stereocenters. The smallest absolute Gasteiger partial charge is 0.343 e. The molecule has 0 fully saturated rings. The number of nitrogens with one attached hydrogen (secondary N) is 1. The lowest BCUT2D eigenvalue weighted by Gasteiger charge is -2.34. The second-order valence-corrected chi connectivity index (χ2v) is 11.1. The van der Waals surface area contributed by atoms with Crippen molar-refractivity contribution in [3.63, 3.8) is 0 Å². The van der Waals surface area contributed by atoms with E-state index in [1.807, 2.05) is 0 Å². The van der Waals surface area contributed by atoms with Gasteiger partial charge in [-0.05, 0) is 70.1 Å². The van der Waals surface area contributed by atoms with E-state index < -0.39 is 0 Å². The quantitative estimate of drug-likeness (QED) is 0.0705. The van der Waals surface area contributed by atoms with E-state index in [0.717, 1.165) is 65.4 Å². The van der Waals surface area contributed by atoms with Crippen LogP contribution in [0.4, 0.5) is 0 Å². The van der Waals surface area contributed by atoms with Crippen LogP contribution >= 0.6 is 0 Å². The van der Waals surface area contributed by atoms with Crippen LogP contribution < -0.4 is 5.32 Å². The van der Waals surface area contributed by atoms with Gasteiger partial charge in [0.15, 0.2) is 5.96 Å². The van der Waals surface area contributed by atoms with Gasteiger partial charge in [-0.25, -0.2) is 0 Å². The number of aliphatic imine (C=N–C) groups is 1. The zero-order valence-corrected chi connectivity index (χ0v) is 27.5. The van der Waals surface area contributed by atoms with Crippen LogP contribution in [0.5, 0.6) is 0 Å². The van der Waals surface area contributed by atoms with Crippen molar-refractivity contribution < 1.29 is 4.58 Å². The highest BCUT2D eigenvalue weighted by Gasteiger charge is 2.21. The summed E-state index contributed by atoms with van der Waals surface area (Å²) in [7, 11) is 0. The van der Waals surface area contributed by atoms with Crippen LogP contribution in [-0.4, -0.2) is 96.6 Å². The highest BCUT2D eigenvalue weighted by Crippen LogP contribution is 2.10. The molecule has 0 amide bonds. The number of hydrogen-bond acceptors (Lipinski definition) is 1. The summed E-state index contributed by atoms with van der Waals surface area (Å²) in [5, 5.41) is 3.90. The molecule has 0 spiro atoms. The lowest BCUT2D eigenvalue weighted by atomic mass is 10.1. The third-order valence-corrected chi connectivity index (χ3v) is 6.81. The lowest BCUT2D eigenvalue weighted by Crippen LogP contribution is -2.49. The molecule has 0 radical (unpaired) electrons. The summed E-state index contributed by atoms with van der Waals surface area (Å²) in [6, 6.07) is 0. The first-order valence-corrected chi connectivity index (χ1v) is 16.6. The van der Waals surface area contributed by atoms with Crippen molar-refractivity contribution in [2.45, 2.75) is 127 Å². The van der Waals surface area contributed by atoms with Gasteiger partial charge in [0.25, 0.3) is 0 Å². The molecule has 6 nitrogen and oxygen atoms in total. The molecule has 0 bridgehead atoms. The summed E-state index contributed by atoms with van der Waals surface area (Å²) in [6.45, 7) is 31.6. The molecule has 0 aromatic rings. The van der Waals surface area contributed by atoms with Crippen LogP contribution in [0.2, 0.25) is 0 Å². The normalized spacial score (nSPS) is 11.7. The van der Waals surface area contributed by atoms with Crippen molar-refractivity contribution in [3.8, 4) is 0 Å². The molecule has 0 saturated carbocycles. The van der Waals surface area contributed by atoms with E-state index in [4.69, 9.17) is 4.99 Å². The van der Waals surface area contributed by atoms with E-state index >= 15 is 0 Å². The van der Waals surface area contributed by atoms with Gasteiger partial charge in [-0.1, -0.05) is 62.3 Å². The number of nitrogens with zero attached hydrogens (tertiary/aromatic N) is 5. The third kappa shape index (κ3) is 15.2. The van der Waals surface area contributed by atoms with E-state index in [0.29, 0.717) is 5.92 Å². The van der Waals surface area contributed by atoms with Gasteiger partial charge in [0, 0.05) is 32.7 Å². The van der Waals surface area contributed by atoms with Crippen molar-refractivity contribution in [1.82, 2.24) is 20.0 Å². The predicted octanol–water partition coefficient (Wildman–Crippen LogP) is 6.90. The fraction of sp³-hybridized carbons (Fsp3) is 0.938. The van der Waals surface area contributed by atoms with Crippen molar-refractivity contribution >= 4 is 11.9 Å². The molecule has 226 valence electrons. The van der Waals surface area contributed by atoms with Gasteiger partial charge in [0.1, 0.15) is 0 Å². The number of rotatable bonds is 22. The second-order valence-electron chi connectivity index (χ2n) is 11.1. The molecular weight excluding hydrogens is 468 g/mol. The van der Waals surface area contributed by atoms with E-state index in [1.165, 1.54) is 76.1 Å². The Morgan fingerprint density at radius 1 is 0.632 bits per heavy atom. The van der Waals surface area contributed by atoms with E-state index in [1.54, 1.807) is 0 Å². The summed E-state index contributed by atoms with van der Waals surface area (Å²) in [5.41, 5.74) is 0. The first-order valence-electron chi connectivity index (χ1n) is 16.6. The monoisotopic (exact) mass is 538 g/mol. The molecule has 1 atom stereocenters. The van der Waals surface area contributed by atoms with Gasteiger partial charge < -0.3 is 9.80 Å². The fourth-order valence-corrected chi connectivity index (χ4v) is 5.23. The van der Waals surface area contributed by atoms with Gasteiger partial charge in [-0.15, -0.1) is 0 Å². The molecule has 0 rings (SSSR count). The summed E-state index contributed by atoms with van der Waals surface area (Å²) in [5.74, 6) is 3.22. The van der Waals surface area contributed by atoms with Gasteiger partial charge in [-0.2, -0.15) is 0 Å². The number of guanidine groups is 2. The second kappa shape index (κ2) is 24.6. The Morgan fingerprint density at radius 2 is 1.05 bits per heavy atom. The highest BCUT2D eigenvalue weighted by atomic mass is 15.4. The van der Waals surface area contributed by atoms with Crippen molar-refractivity contribution in [3.05, 3.63) is 0 Å². The van der Waals surface area contributed by atoms with Crippen LogP contribution in [0.25, 0.3) is 0 Å². The Balaban J connectivity index is 5.40. The molecule has 6 heteroatoms. The SMILES string of the molecule is CCCN(CCC)C(=NCC(C)CCCNC(N(CCC)CCC)=[N+](CCC)CCC)N(CCC)CCC. The summed E-state index contributed by atoms with van der Waals surface area (Å²) in [6.07, 6.45) is 11.8. The molecule has 1 N–H and O–H groups in total. The summed E-state index contributed by atoms with van der Waals surface area (Å²) < 4.78 is 2.59. The van der Waals surface area contributed by atoms with Gasteiger partial charge >= 0.3 is 5.96 Å². The minimum atomic E-state index is 0.593. The topological polar surface area (TPSA) is 37.1 Å². The molecule has 0 saturated heterocycles. The Kier molecular flexibility index (Phi) is 23.6. The Hall–Kier alpha value is -1.46. The summed E-state index contributed by atoms with van der Waals surface area (Å²) >= 11 is 0. The highest BCUT2D eigenvalue weighted by molar-refractivity contribution is 5.80. The first kappa shape index (κ1) is 36.5. The maximum absolute atomic E-state index is 5.29. The maximum Gasteiger partial charge on any atom is 0.348 e. The average molecular weight is 538 g/mol. The molecule has 0 aromatic carbocycles. The van der Waals surface area contributed by atoms with Crippen LogP contribution in [0.1, 0.15) is 127 Å². The third-order valence-electron chi connectivity index (χ3n) is 6.81. The lowest BCUT2D eigenvalue weighted by molar-refractivity contribution is -0.535. The Bertz CT molecular complexity index is 559. The molecule has 0 aromatic heterocycles. The molecule has 0 aliphatic carbocycles. The minimum Gasteiger partial charge on any atom is -0.343 e. The molecule has 38 heavy (non-hydrogen) atoms. The summed E-state index contributed by atoms with van der Waals surface area (Å²) in [4.78, 5) is 13.0. The zero-order valence-electron chi connectivity index (χ0n) is 27.5. The molecular formula is C32H69N6+. The maximum atomic E-state index is 5.29. The van der Waals surface area contributed by atoms with Crippen LogP contribution in [0.3, 0.4) is 0 Å². The first-order chi connectivity index (χ1) is 18.5. The van der Waals surface area contributed by atoms with Crippen LogP contribution in [0.15, 0.2) is 4.99 Å². The predicted molar refractivity (Wildman–Crippen MR) is 171 cm³/mol. The van der Waals surface area contributed by atoms with Gasteiger partial charge in [-0.3, -0.25) is 19.8 Å². The molecule has 0 heterocycles. The fourth-order valence-electron chi connectivity index (χ4n) is 5.23. The Morgan fingerprint density at radius 3 is 1.45 bits per heavy atom. The van der Waals surface area contributed by atoms with Gasteiger partial charge in [0.05, 0.1) is 32.7 Å². The average Bonchev–Trinajstić information content (AvgIpc) is 2.89. The standard InChI is InChI=1S/C32H68N6/c1-10-21-35(22-11-2)31(36(23-12-3)24-13-4)33-20-18-19-30(9)29-34-32(37(25-14-5)26-15-6)38(27-16-7)28-17-8/h30H,10-29H2,1-9H3/p+1. The minimum absolute atomic E-state index is 0.593. The molecule has 0 aliphatic rings. The van der Waals surface area contributed by atoms with E-state index in [2.05, 4.69) is 86.9 Å². The van der Waals surface area contributed by atoms with Crippen molar-refractivity contribution in [2.24, 2.45) is 10.9 Å². The zero-order chi connectivity index (χ0) is 28.6. The van der Waals surface area contributed by atoms with E-state index in [-0.39, 0.29) is 0 Å². The van der Waals surface area contributed by atoms with Crippen molar-refractivity contribution in [2.75, 3.05) is 65.4 Å². The Labute approximate surface area is 239 Å².